The zero-order chi connectivity index (χ0) is 14.9. The van der Waals surface area contributed by atoms with Crippen molar-refractivity contribution in [3.05, 3.63) is 29.3 Å². The van der Waals surface area contributed by atoms with Crippen LogP contribution in [0.1, 0.15) is 42.9 Å². The van der Waals surface area contributed by atoms with Crippen LogP contribution in [0.4, 0.5) is 5.69 Å². The van der Waals surface area contributed by atoms with E-state index in [4.69, 9.17) is 10.5 Å². The molecule has 1 aromatic rings. The van der Waals surface area contributed by atoms with Crippen molar-refractivity contribution in [1.82, 2.24) is 4.72 Å². The molecular weight excluding hydrogens is 288 g/mol. The van der Waals surface area contributed by atoms with Gasteiger partial charge in [0.25, 0.3) is 0 Å². The number of anilines is 1. The third kappa shape index (κ3) is 3.56. The van der Waals surface area contributed by atoms with E-state index in [1.807, 2.05) is 18.2 Å². The molecule has 2 atom stereocenters. The lowest BCUT2D eigenvalue weighted by atomic mass is 9.88. The van der Waals surface area contributed by atoms with E-state index in [2.05, 4.69) is 4.72 Å². The molecule has 1 aliphatic carbocycles. The summed E-state index contributed by atoms with van der Waals surface area (Å²) in [6.45, 7) is 0.672. The highest BCUT2D eigenvalue weighted by atomic mass is 32.2. The zero-order valence-electron chi connectivity index (χ0n) is 12.0. The first-order chi connectivity index (χ1) is 10.0. The van der Waals surface area contributed by atoms with Gasteiger partial charge >= 0.3 is 0 Å². The largest absolute Gasteiger partial charge is 0.399 e. The molecule has 0 saturated carbocycles. The van der Waals surface area contributed by atoms with Crippen LogP contribution in [0.2, 0.25) is 0 Å². The summed E-state index contributed by atoms with van der Waals surface area (Å²) in [5.41, 5.74) is 8.76. The molecule has 1 heterocycles. The van der Waals surface area contributed by atoms with Gasteiger partial charge in [0.1, 0.15) is 0 Å². The first-order valence-corrected chi connectivity index (χ1v) is 9.19. The van der Waals surface area contributed by atoms with Gasteiger partial charge < -0.3 is 10.5 Å². The van der Waals surface area contributed by atoms with E-state index in [1.165, 1.54) is 0 Å². The number of aryl methyl sites for hydroxylation is 1. The molecular formula is C15H22N2O3S. The smallest absolute Gasteiger partial charge is 0.214 e. The van der Waals surface area contributed by atoms with Crippen molar-refractivity contribution in [1.29, 1.82) is 0 Å². The van der Waals surface area contributed by atoms with Crippen LogP contribution in [0, 0.1) is 0 Å². The number of rotatable bonds is 4. The van der Waals surface area contributed by atoms with E-state index in [1.54, 1.807) is 0 Å². The highest BCUT2D eigenvalue weighted by Gasteiger charge is 2.28. The number of nitrogens with one attached hydrogen (secondary N) is 1. The average molecular weight is 310 g/mol. The van der Waals surface area contributed by atoms with Gasteiger partial charge in [0.15, 0.2) is 0 Å². The second-order valence-corrected chi connectivity index (χ2v) is 7.74. The maximum Gasteiger partial charge on any atom is 0.214 e. The Balaban J connectivity index is 1.73. The lowest BCUT2D eigenvalue weighted by Gasteiger charge is -2.27. The van der Waals surface area contributed by atoms with Crippen molar-refractivity contribution in [3.8, 4) is 0 Å². The molecule has 0 aromatic heterocycles. The van der Waals surface area contributed by atoms with Crippen LogP contribution in [0.5, 0.6) is 0 Å². The molecule has 21 heavy (non-hydrogen) atoms. The molecule has 0 spiro atoms. The van der Waals surface area contributed by atoms with E-state index < -0.39 is 10.0 Å². The van der Waals surface area contributed by atoms with E-state index in [-0.39, 0.29) is 17.9 Å². The van der Waals surface area contributed by atoms with Crippen molar-refractivity contribution in [2.75, 3.05) is 18.1 Å². The van der Waals surface area contributed by atoms with Gasteiger partial charge in [0.2, 0.25) is 10.0 Å². The molecule has 116 valence electrons. The molecule has 0 radical (unpaired) electrons. The number of hydrogen-bond donors (Lipinski definition) is 2. The minimum absolute atomic E-state index is 0.0633. The molecule has 1 aromatic carbocycles. The number of sulfonamides is 1. The molecule has 1 fully saturated rings. The summed E-state index contributed by atoms with van der Waals surface area (Å²) in [6.07, 6.45) is 4.40. The van der Waals surface area contributed by atoms with E-state index in [9.17, 15) is 8.42 Å². The highest BCUT2D eigenvalue weighted by molar-refractivity contribution is 7.89. The predicted octanol–water partition coefficient (Wildman–Crippen LogP) is 1.74. The summed E-state index contributed by atoms with van der Waals surface area (Å²) in [6, 6.07) is 5.60. The lowest BCUT2D eigenvalue weighted by molar-refractivity contribution is 0.127. The quantitative estimate of drug-likeness (QED) is 0.830. The van der Waals surface area contributed by atoms with E-state index in [0.717, 1.165) is 48.9 Å². The summed E-state index contributed by atoms with van der Waals surface area (Å²) in [4.78, 5) is 0. The number of benzene rings is 1. The van der Waals surface area contributed by atoms with Crippen LogP contribution < -0.4 is 10.5 Å². The first kappa shape index (κ1) is 14.8. The molecule has 6 heteroatoms. The van der Waals surface area contributed by atoms with Gasteiger partial charge in [-0.3, -0.25) is 0 Å². The molecule has 0 bridgehead atoms. The molecule has 3 rings (SSSR count). The Morgan fingerprint density at radius 3 is 2.90 bits per heavy atom. The van der Waals surface area contributed by atoms with Gasteiger partial charge in [0.05, 0.1) is 11.9 Å². The van der Waals surface area contributed by atoms with Gasteiger partial charge in [-0.25, -0.2) is 13.1 Å². The Morgan fingerprint density at radius 1 is 1.29 bits per heavy atom. The van der Waals surface area contributed by atoms with Gasteiger partial charge in [-0.05, 0) is 55.4 Å². The monoisotopic (exact) mass is 310 g/mol. The van der Waals surface area contributed by atoms with E-state index in [0.29, 0.717) is 6.61 Å². The standard InChI is InChI=1S/C15H22N2O3S/c16-12-6-7-14-11(9-12)3-1-5-15(14)17-21(18,19)10-13-4-2-8-20-13/h6-7,9,13,15,17H,1-5,8,10,16H2. The fourth-order valence-corrected chi connectivity index (χ4v) is 4.77. The fraction of sp³-hybridized carbons (Fsp3) is 0.600. The van der Waals surface area contributed by atoms with Gasteiger partial charge in [0, 0.05) is 18.3 Å². The summed E-state index contributed by atoms with van der Waals surface area (Å²) in [5.74, 6) is 0.0633. The van der Waals surface area contributed by atoms with Crippen molar-refractivity contribution < 1.29 is 13.2 Å². The summed E-state index contributed by atoms with van der Waals surface area (Å²) in [7, 11) is -3.32. The summed E-state index contributed by atoms with van der Waals surface area (Å²) >= 11 is 0. The maximum absolute atomic E-state index is 12.3. The lowest BCUT2D eigenvalue weighted by Crippen LogP contribution is -2.36. The molecule has 5 nitrogen and oxygen atoms in total. The minimum Gasteiger partial charge on any atom is -0.399 e. The van der Waals surface area contributed by atoms with Crippen molar-refractivity contribution in [3.63, 3.8) is 0 Å². The second-order valence-electron chi connectivity index (χ2n) is 5.94. The normalized spacial score (nSPS) is 25.7. The van der Waals surface area contributed by atoms with Crippen molar-refractivity contribution in [2.45, 2.75) is 44.2 Å². The Kier molecular flexibility index (Phi) is 4.19. The first-order valence-electron chi connectivity index (χ1n) is 7.53. The number of nitrogen functional groups attached to an aromatic ring is 1. The Labute approximate surface area is 125 Å². The molecule has 3 N–H and O–H groups in total. The van der Waals surface area contributed by atoms with Gasteiger partial charge in [-0.15, -0.1) is 0 Å². The molecule has 2 unspecified atom stereocenters. The van der Waals surface area contributed by atoms with Crippen molar-refractivity contribution in [2.24, 2.45) is 0 Å². The third-order valence-corrected chi connectivity index (χ3v) is 5.69. The minimum atomic E-state index is -3.32. The second kappa shape index (κ2) is 5.94. The Morgan fingerprint density at radius 2 is 2.14 bits per heavy atom. The summed E-state index contributed by atoms with van der Waals surface area (Å²) < 4.78 is 32.9. The van der Waals surface area contributed by atoms with Crippen LogP contribution in [-0.2, 0) is 21.2 Å². The molecule has 1 aliphatic heterocycles. The summed E-state index contributed by atoms with van der Waals surface area (Å²) in [5, 5.41) is 0. The number of nitrogens with two attached hydrogens (primary N) is 1. The molecule has 1 saturated heterocycles. The van der Waals surface area contributed by atoms with E-state index >= 15 is 0 Å². The Bertz CT molecular complexity index is 609. The number of ether oxygens (including phenoxy) is 1. The topological polar surface area (TPSA) is 81.4 Å². The third-order valence-electron chi connectivity index (χ3n) is 4.23. The Hall–Kier alpha value is -1.11. The van der Waals surface area contributed by atoms with Crippen LogP contribution in [0.25, 0.3) is 0 Å². The van der Waals surface area contributed by atoms with Crippen LogP contribution in [0.15, 0.2) is 18.2 Å². The van der Waals surface area contributed by atoms with Gasteiger partial charge in [-0.1, -0.05) is 6.07 Å². The molecule has 2 aliphatic rings. The van der Waals surface area contributed by atoms with Crippen LogP contribution in [0.3, 0.4) is 0 Å². The van der Waals surface area contributed by atoms with Crippen molar-refractivity contribution >= 4 is 15.7 Å². The number of fused-ring (bicyclic) bond motifs is 1. The SMILES string of the molecule is Nc1ccc2c(c1)CCCC2NS(=O)(=O)CC1CCCO1. The highest BCUT2D eigenvalue weighted by Crippen LogP contribution is 2.31. The predicted molar refractivity (Wildman–Crippen MR) is 82.4 cm³/mol. The average Bonchev–Trinajstić information content (AvgIpc) is 2.90. The van der Waals surface area contributed by atoms with Crippen LogP contribution >= 0.6 is 0 Å². The van der Waals surface area contributed by atoms with Crippen LogP contribution in [-0.4, -0.2) is 26.9 Å². The maximum atomic E-state index is 12.3. The van der Waals surface area contributed by atoms with Gasteiger partial charge in [-0.2, -0.15) is 0 Å². The fourth-order valence-electron chi connectivity index (χ4n) is 3.24. The zero-order valence-corrected chi connectivity index (χ0v) is 12.9. The number of hydrogen-bond acceptors (Lipinski definition) is 4. The molecule has 0 amide bonds.